The number of nitrogens with zero attached hydrogens (tertiary/aromatic N) is 1. The molecular weight excluding hydrogens is 250 g/mol. The topological polar surface area (TPSA) is 52.0 Å². The molecule has 0 radical (unpaired) electrons. The van der Waals surface area contributed by atoms with Crippen LogP contribution in [0.5, 0.6) is 0 Å². The van der Waals surface area contributed by atoms with Crippen LogP contribution >= 0.6 is 0 Å². The van der Waals surface area contributed by atoms with Gasteiger partial charge in [0, 0.05) is 17.5 Å². The summed E-state index contributed by atoms with van der Waals surface area (Å²) in [7, 11) is 0. The van der Waals surface area contributed by atoms with Crippen molar-refractivity contribution in [2.45, 2.75) is 31.6 Å². The van der Waals surface area contributed by atoms with Crippen LogP contribution in [0.3, 0.4) is 0 Å². The zero-order valence-electron chi connectivity index (χ0n) is 10.3. The molecule has 2 aromatic rings. The van der Waals surface area contributed by atoms with E-state index in [9.17, 15) is 8.78 Å². The molecular formula is C14H14F2N2O. The van der Waals surface area contributed by atoms with E-state index in [0.29, 0.717) is 11.3 Å². The van der Waals surface area contributed by atoms with Gasteiger partial charge in [-0.3, -0.25) is 0 Å². The highest BCUT2D eigenvalue weighted by Crippen LogP contribution is 2.42. The molecule has 1 aliphatic carbocycles. The first-order valence-corrected chi connectivity index (χ1v) is 6.37. The molecule has 3 rings (SSSR count). The highest BCUT2D eigenvalue weighted by molar-refractivity contribution is 5.76. The lowest BCUT2D eigenvalue weighted by atomic mass is 9.96. The maximum absolute atomic E-state index is 13.9. The van der Waals surface area contributed by atoms with Crippen molar-refractivity contribution in [2.24, 2.45) is 0 Å². The molecule has 100 valence electrons. The van der Waals surface area contributed by atoms with Crippen LogP contribution in [0.2, 0.25) is 0 Å². The summed E-state index contributed by atoms with van der Waals surface area (Å²) in [5.41, 5.74) is 6.51. The Bertz CT molecular complexity index is 603. The van der Waals surface area contributed by atoms with Crippen molar-refractivity contribution in [2.75, 3.05) is 5.73 Å². The summed E-state index contributed by atoms with van der Waals surface area (Å²) < 4.78 is 32.2. The van der Waals surface area contributed by atoms with E-state index in [1.807, 2.05) is 0 Å². The number of halogens is 2. The van der Waals surface area contributed by atoms with E-state index < -0.39 is 11.6 Å². The molecule has 1 aromatic heterocycles. The van der Waals surface area contributed by atoms with Crippen LogP contribution in [0, 0.1) is 11.6 Å². The van der Waals surface area contributed by atoms with Crippen LogP contribution in [0.1, 0.15) is 37.4 Å². The molecule has 5 heteroatoms. The Morgan fingerprint density at radius 1 is 1.21 bits per heavy atom. The Kier molecular flexibility index (Phi) is 2.97. The third-order valence-electron chi connectivity index (χ3n) is 3.67. The molecule has 0 spiro atoms. The largest absolute Gasteiger partial charge is 0.380 e. The first kappa shape index (κ1) is 12.1. The monoisotopic (exact) mass is 264 g/mol. The Morgan fingerprint density at radius 2 is 1.95 bits per heavy atom. The third-order valence-corrected chi connectivity index (χ3v) is 3.67. The van der Waals surface area contributed by atoms with Gasteiger partial charge in [0.15, 0.2) is 5.82 Å². The lowest BCUT2D eigenvalue weighted by Gasteiger charge is -2.08. The maximum Gasteiger partial charge on any atom is 0.175 e. The van der Waals surface area contributed by atoms with E-state index in [-0.39, 0.29) is 17.3 Å². The van der Waals surface area contributed by atoms with Gasteiger partial charge in [-0.05, 0) is 25.0 Å². The van der Waals surface area contributed by atoms with E-state index in [0.717, 1.165) is 31.7 Å². The highest BCUT2D eigenvalue weighted by atomic mass is 19.1. The summed E-state index contributed by atoms with van der Waals surface area (Å²) in [6.45, 7) is 0. The molecule has 3 nitrogen and oxygen atoms in total. The van der Waals surface area contributed by atoms with Crippen molar-refractivity contribution in [1.29, 1.82) is 0 Å². The quantitative estimate of drug-likeness (QED) is 0.896. The van der Waals surface area contributed by atoms with Gasteiger partial charge in [-0.15, -0.1) is 0 Å². The van der Waals surface area contributed by atoms with E-state index >= 15 is 0 Å². The van der Waals surface area contributed by atoms with Gasteiger partial charge in [0.25, 0.3) is 0 Å². The first-order chi connectivity index (χ1) is 9.16. The van der Waals surface area contributed by atoms with Crippen LogP contribution in [-0.4, -0.2) is 5.16 Å². The van der Waals surface area contributed by atoms with Gasteiger partial charge in [-0.25, -0.2) is 8.78 Å². The maximum atomic E-state index is 13.9. The summed E-state index contributed by atoms with van der Waals surface area (Å²) in [5, 5.41) is 3.74. The van der Waals surface area contributed by atoms with E-state index in [1.165, 1.54) is 12.1 Å². The van der Waals surface area contributed by atoms with E-state index in [1.54, 1.807) is 0 Å². The van der Waals surface area contributed by atoms with Gasteiger partial charge < -0.3 is 10.3 Å². The number of anilines is 1. The van der Waals surface area contributed by atoms with Crippen molar-refractivity contribution in [3.63, 3.8) is 0 Å². The van der Waals surface area contributed by atoms with Crippen molar-refractivity contribution >= 4 is 5.82 Å². The third kappa shape index (κ3) is 2.09. The van der Waals surface area contributed by atoms with Gasteiger partial charge >= 0.3 is 0 Å². The number of nitrogens with two attached hydrogens (primary N) is 1. The average Bonchev–Trinajstić information content (AvgIpc) is 2.99. The van der Waals surface area contributed by atoms with Gasteiger partial charge in [-0.2, -0.15) is 0 Å². The summed E-state index contributed by atoms with van der Waals surface area (Å²) in [4.78, 5) is 0. The predicted molar refractivity (Wildman–Crippen MR) is 67.5 cm³/mol. The van der Waals surface area contributed by atoms with Crippen LogP contribution in [0.25, 0.3) is 11.1 Å². The van der Waals surface area contributed by atoms with Crippen LogP contribution in [-0.2, 0) is 0 Å². The minimum absolute atomic E-state index is 0.160. The molecule has 0 saturated heterocycles. The molecule has 0 unspecified atom stereocenters. The summed E-state index contributed by atoms with van der Waals surface area (Å²) in [6, 6.07) is 3.44. The zero-order valence-corrected chi connectivity index (χ0v) is 10.3. The van der Waals surface area contributed by atoms with Crippen molar-refractivity contribution in [3.05, 3.63) is 35.6 Å². The summed E-state index contributed by atoms with van der Waals surface area (Å²) in [6.07, 6.45) is 4.22. The normalized spacial score (nSPS) is 16.1. The van der Waals surface area contributed by atoms with Crippen LogP contribution < -0.4 is 5.73 Å². The Labute approximate surface area is 109 Å². The van der Waals surface area contributed by atoms with E-state index in [2.05, 4.69) is 5.16 Å². The molecule has 1 heterocycles. The van der Waals surface area contributed by atoms with Crippen LogP contribution in [0.4, 0.5) is 14.6 Å². The standard InChI is InChI=1S/C14H14F2N2O/c15-9-5-6-10(11(16)7-9)12-13(19-18-14(12)17)8-3-1-2-4-8/h5-8H,1-4H2,(H2,17,18). The van der Waals surface area contributed by atoms with Gasteiger partial charge in [0.05, 0.1) is 5.56 Å². The lowest BCUT2D eigenvalue weighted by molar-refractivity contribution is 0.363. The second-order valence-electron chi connectivity index (χ2n) is 4.91. The Morgan fingerprint density at radius 3 is 2.63 bits per heavy atom. The molecule has 1 saturated carbocycles. The molecule has 0 atom stereocenters. The fourth-order valence-corrected chi connectivity index (χ4v) is 2.75. The number of aromatic nitrogens is 1. The molecule has 0 aliphatic heterocycles. The summed E-state index contributed by atoms with van der Waals surface area (Å²) in [5.74, 6) is -0.245. The molecule has 1 fully saturated rings. The van der Waals surface area contributed by atoms with Gasteiger partial charge in [0.1, 0.15) is 17.4 Å². The fraction of sp³-hybridized carbons (Fsp3) is 0.357. The second-order valence-corrected chi connectivity index (χ2v) is 4.91. The molecule has 0 bridgehead atoms. The van der Waals surface area contributed by atoms with Crippen molar-refractivity contribution < 1.29 is 13.3 Å². The summed E-state index contributed by atoms with van der Waals surface area (Å²) >= 11 is 0. The number of hydrogen-bond donors (Lipinski definition) is 1. The second kappa shape index (κ2) is 4.64. The zero-order chi connectivity index (χ0) is 13.4. The van der Waals surface area contributed by atoms with Gasteiger partial charge in [0.2, 0.25) is 0 Å². The molecule has 1 aliphatic rings. The minimum atomic E-state index is -0.644. The number of benzene rings is 1. The predicted octanol–water partition coefficient (Wildman–Crippen LogP) is 3.86. The van der Waals surface area contributed by atoms with Crippen molar-refractivity contribution in [1.82, 2.24) is 5.16 Å². The molecule has 1 aromatic carbocycles. The Balaban J connectivity index is 2.10. The Hall–Kier alpha value is -1.91. The lowest BCUT2D eigenvalue weighted by Crippen LogP contribution is -1.97. The minimum Gasteiger partial charge on any atom is -0.380 e. The SMILES string of the molecule is Nc1noc(C2CCCC2)c1-c1ccc(F)cc1F. The van der Waals surface area contributed by atoms with Gasteiger partial charge in [-0.1, -0.05) is 18.0 Å². The average molecular weight is 264 g/mol. The molecule has 19 heavy (non-hydrogen) atoms. The van der Waals surface area contributed by atoms with Crippen LogP contribution in [0.15, 0.2) is 22.7 Å². The first-order valence-electron chi connectivity index (χ1n) is 6.37. The number of nitrogen functional groups attached to an aromatic ring is 1. The van der Waals surface area contributed by atoms with Crippen molar-refractivity contribution in [3.8, 4) is 11.1 Å². The van der Waals surface area contributed by atoms with E-state index in [4.69, 9.17) is 10.3 Å². The highest BCUT2D eigenvalue weighted by Gasteiger charge is 2.28. The molecule has 0 amide bonds. The number of hydrogen-bond acceptors (Lipinski definition) is 3. The molecule has 2 N–H and O–H groups in total. The smallest absolute Gasteiger partial charge is 0.175 e. The number of rotatable bonds is 2. The fourth-order valence-electron chi connectivity index (χ4n) is 2.75.